The van der Waals surface area contributed by atoms with Crippen LogP contribution in [-0.2, 0) is 19.6 Å². The van der Waals surface area contributed by atoms with Gasteiger partial charge in [-0.3, -0.25) is 4.79 Å². The molecule has 0 aliphatic rings. The minimum Gasteiger partial charge on any atom is -0.480 e. The van der Waals surface area contributed by atoms with Crippen LogP contribution in [0.15, 0.2) is 0 Å². The van der Waals surface area contributed by atoms with E-state index in [2.05, 4.69) is 0 Å². The molecule has 0 aromatic carbocycles. The fourth-order valence-corrected chi connectivity index (χ4v) is 2.39. The van der Waals surface area contributed by atoms with Crippen LogP contribution in [0.4, 0.5) is 0 Å². The van der Waals surface area contributed by atoms with Crippen molar-refractivity contribution < 1.29 is 23.1 Å². The summed E-state index contributed by atoms with van der Waals surface area (Å²) in [5.74, 6) is -1.18. The number of carboxylic acid groups (broad SMARTS) is 1. The lowest BCUT2D eigenvalue weighted by atomic mass is 10.4. The highest BCUT2D eigenvalue weighted by Crippen LogP contribution is 2.11. The van der Waals surface area contributed by atoms with Crippen molar-refractivity contribution in [1.29, 1.82) is 0 Å². The lowest BCUT2D eigenvalue weighted by molar-refractivity contribution is -0.140. The second-order valence-electron chi connectivity index (χ2n) is 3.34. The Kier molecular flexibility index (Phi) is 5.19. The van der Waals surface area contributed by atoms with E-state index in [0.29, 0.717) is 0 Å². The molecule has 0 rings (SSSR count). The zero-order valence-electron chi connectivity index (χ0n) is 9.30. The molecule has 0 heterocycles. The highest BCUT2D eigenvalue weighted by atomic mass is 32.2. The van der Waals surface area contributed by atoms with E-state index < -0.39 is 27.3 Å². The van der Waals surface area contributed by atoms with E-state index in [4.69, 9.17) is 9.84 Å². The van der Waals surface area contributed by atoms with Crippen LogP contribution in [0.25, 0.3) is 0 Å². The van der Waals surface area contributed by atoms with Crippen molar-refractivity contribution in [2.45, 2.75) is 25.1 Å². The molecule has 0 saturated carbocycles. The maximum Gasteiger partial charge on any atom is 0.321 e. The van der Waals surface area contributed by atoms with Crippen LogP contribution in [0.3, 0.4) is 0 Å². The molecule has 0 spiro atoms. The fourth-order valence-electron chi connectivity index (χ4n) is 0.980. The Morgan fingerprint density at radius 3 is 2.27 bits per heavy atom. The largest absolute Gasteiger partial charge is 0.480 e. The summed E-state index contributed by atoms with van der Waals surface area (Å²) in [7, 11) is -0.972. The smallest absolute Gasteiger partial charge is 0.321 e. The second-order valence-corrected chi connectivity index (χ2v) is 5.75. The van der Waals surface area contributed by atoms with Crippen LogP contribution >= 0.6 is 0 Å². The Hall–Kier alpha value is -0.660. The van der Waals surface area contributed by atoms with Crippen molar-refractivity contribution in [3.63, 3.8) is 0 Å². The number of ether oxygens (including phenoxy) is 1. The van der Waals surface area contributed by atoms with E-state index in [1.807, 2.05) is 0 Å². The number of sulfonamides is 1. The Morgan fingerprint density at radius 2 is 1.93 bits per heavy atom. The maximum atomic E-state index is 11.7. The number of aliphatic carboxylic acids is 1. The average molecular weight is 239 g/mol. The van der Waals surface area contributed by atoms with Crippen molar-refractivity contribution in [3.05, 3.63) is 0 Å². The Bertz CT molecular complexity index is 313. The number of carboxylic acids is 1. The normalized spacial score (nSPS) is 16.3. The van der Waals surface area contributed by atoms with Gasteiger partial charge in [0.15, 0.2) is 0 Å². The molecular formula is C8H17NO5S. The number of rotatable bonds is 6. The molecule has 0 bridgehead atoms. The molecule has 0 saturated heterocycles. The van der Waals surface area contributed by atoms with Gasteiger partial charge in [0, 0.05) is 14.2 Å². The first kappa shape index (κ1) is 14.3. The molecular weight excluding hydrogens is 222 g/mol. The molecule has 0 fully saturated rings. The molecule has 2 unspecified atom stereocenters. The Labute approximate surface area is 89.9 Å². The zero-order chi connectivity index (χ0) is 12.2. The molecule has 15 heavy (non-hydrogen) atoms. The fraction of sp³-hybridized carbons (Fsp3) is 0.875. The summed E-state index contributed by atoms with van der Waals surface area (Å²) in [6, 6.07) is -1.07. The molecule has 2 atom stereocenters. The first-order valence-electron chi connectivity index (χ1n) is 4.43. The number of likely N-dealkylation sites (N-methyl/N-ethyl adjacent to an activating group) is 1. The van der Waals surface area contributed by atoms with Crippen LogP contribution in [0.1, 0.15) is 13.8 Å². The molecule has 7 heteroatoms. The Morgan fingerprint density at radius 1 is 1.47 bits per heavy atom. The maximum absolute atomic E-state index is 11.7. The molecule has 1 N–H and O–H groups in total. The van der Waals surface area contributed by atoms with Crippen LogP contribution in [0.5, 0.6) is 0 Å². The third-order valence-electron chi connectivity index (χ3n) is 2.21. The van der Waals surface area contributed by atoms with Gasteiger partial charge >= 0.3 is 5.97 Å². The summed E-state index contributed by atoms with van der Waals surface area (Å²) in [6.07, 6.45) is 0. The predicted octanol–water partition coefficient (Wildman–Crippen LogP) is -0.244. The summed E-state index contributed by atoms with van der Waals surface area (Å²) in [5.41, 5.74) is 0. The summed E-state index contributed by atoms with van der Waals surface area (Å²) >= 11 is 0. The zero-order valence-corrected chi connectivity index (χ0v) is 10.1. The van der Waals surface area contributed by atoms with E-state index in [1.54, 1.807) is 0 Å². The molecule has 0 aliphatic heterocycles. The van der Waals surface area contributed by atoms with Crippen molar-refractivity contribution in [2.24, 2.45) is 0 Å². The number of methoxy groups -OCH3 is 1. The first-order chi connectivity index (χ1) is 6.75. The SMILES string of the molecule is COCC(C)S(=O)(=O)N(C)C(C)C(=O)O. The van der Waals surface area contributed by atoms with E-state index in [9.17, 15) is 13.2 Å². The molecule has 6 nitrogen and oxygen atoms in total. The van der Waals surface area contributed by atoms with Gasteiger partial charge in [-0.2, -0.15) is 4.31 Å². The average Bonchev–Trinajstić information content (AvgIpc) is 2.15. The third-order valence-corrected chi connectivity index (χ3v) is 4.49. The van der Waals surface area contributed by atoms with Crippen molar-refractivity contribution in [1.82, 2.24) is 4.31 Å². The van der Waals surface area contributed by atoms with Gasteiger partial charge in [-0.05, 0) is 13.8 Å². The van der Waals surface area contributed by atoms with Crippen LogP contribution in [0, 0.1) is 0 Å². The van der Waals surface area contributed by atoms with E-state index in [-0.39, 0.29) is 6.61 Å². The van der Waals surface area contributed by atoms with Gasteiger partial charge in [-0.25, -0.2) is 8.42 Å². The predicted molar refractivity (Wildman–Crippen MR) is 55.1 cm³/mol. The van der Waals surface area contributed by atoms with Gasteiger partial charge in [0.1, 0.15) is 6.04 Å². The number of hydrogen-bond donors (Lipinski definition) is 1. The Balaban J connectivity index is 4.80. The standard InChI is InChI=1S/C8H17NO5S/c1-6(5-14-4)15(12,13)9(3)7(2)8(10)11/h6-7H,5H2,1-4H3,(H,10,11). The monoisotopic (exact) mass is 239 g/mol. The summed E-state index contributed by atoms with van der Waals surface area (Å²) < 4.78 is 29.1. The molecule has 0 aromatic rings. The first-order valence-corrected chi connectivity index (χ1v) is 5.94. The third kappa shape index (κ3) is 3.44. The van der Waals surface area contributed by atoms with Crippen molar-refractivity contribution in [2.75, 3.05) is 20.8 Å². The van der Waals surface area contributed by atoms with Crippen LogP contribution in [-0.4, -0.2) is 55.9 Å². The summed E-state index contributed by atoms with van der Waals surface area (Å²) in [6.45, 7) is 2.84. The molecule has 0 aromatic heterocycles. The van der Waals surface area contributed by atoms with Gasteiger partial charge in [0.2, 0.25) is 10.0 Å². The van der Waals surface area contributed by atoms with Crippen molar-refractivity contribution >= 4 is 16.0 Å². The van der Waals surface area contributed by atoms with Gasteiger partial charge < -0.3 is 9.84 Å². The second kappa shape index (κ2) is 5.43. The van der Waals surface area contributed by atoms with Gasteiger partial charge in [-0.15, -0.1) is 0 Å². The minimum absolute atomic E-state index is 0.0407. The number of hydrogen-bond acceptors (Lipinski definition) is 4. The lowest BCUT2D eigenvalue weighted by Gasteiger charge is -2.24. The van der Waals surface area contributed by atoms with E-state index in [1.165, 1.54) is 28.0 Å². The number of nitrogens with zero attached hydrogens (tertiary/aromatic N) is 1. The van der Waals surface area contributed by atoms with Crippen LogP contribution < -0.4 is 0 Å². The molecule has 0 aliphatic carbocycles. The number of carbonyl (C=O) groups is 1. The molecule has 0 amide bonds. The van der Waals surface area contributed by atoms with Crippen molar-refractivity contribution in [3.8, 4) is 0 Å². The quantitative estimate of drug-likeness (QED) is 0.691. The molecule has 90 valence electrons. The van der Waals surface area contributed by atoms with Crippen LogP contribution in [0.2, 0.25) is 0 Å². The topological polar surface area (TPSA) is 83.9 Å². The minimum atomic E-state index is -3.62. The lowest BCUT2D eigenvalue weighted by Crippen LogP contribution is -2.45. The van der Waals surface area contributed by atoms with Gasteiger partial charge in [-0.1, -0.05) is 0 Å². The van der Waals surface area contributed by atoms with Gasteiger partial charge in [0.25, 0.3) is 0 Å². The van der Waals surface area contributed by atoms with E-state index >= 15 is 0 Å². The highest BCUT2D eigenvalue weighted by Gasteiger charge is 2.32. The summed E-state index contributed by atoms with van der Waals surface area (Å²) in [4.78, 5) is 10.6. The highest BCUT2D eigenvalue weighted by molar-refractivity contribution is 7.89. The van der Waals surface area contributed by atoms with E-state index in [0.717, 1.165) is 4.31 Å². The molecule has 0 radical (unpaired) electrons. The summed E-state index contributed by atoms with van der Waals surface area (Å²) in [5, 5.41) is 7.93. The van der Waals surface area contributed by atoms with Gasteiger partial charge in [0.05, 0.1) is 11.9 Å².